The molecule has 202 valence electrons. The summed E-state index contributed by atoms with van der Waals surface area (Å²) in [6.07, 6.45) is 0.551. The molecule has 1 heterocycles. The topological polar surface area (TPSA) is 92.3 Å². The maximum absolute atomic E-state index is 13.9. The van der Waals surface area contributed by atoms with Crippen LogP contribution in [0.5, 0.6) is 23.0 Å². The van der Waals surface area contributed by atoms with Gasteiger partial charge >= 0.3 is 5.97 Å². The van der Waals surface area contributed by atoms with Crippen molar-refractivity contribution in [3.05, 3.63) is 70.1 Å². The summed E-state index contributed by atoms with van der Waals surface area (Å²) < 4.78 is 27.9. The number of methoxy groups -OCH3 is 4. The highest BCUT2D eigenvalue weighted by Gasteiger charge is 2.42. The molecule has 0 amide bonds. The predicted octanol–water partition coefficient (Wildman–Crippen LogP) is 5.03. The smallest absolute Gasteiger partial charge is 0.337 e. The molecular formula is C30H35NO7. The highest BCUT2D eigenvalue weighted by Crippen LogP contribution is 2.49. The summed E-state index contributed by atoms with van der Waals surface area (Å²) in [4.78, 5) is 27.4. The van der Waals surface area contributed by atoms with E-state index in [4.69, 9.17) is 23.7 Å². The van der Waals surface area contributed by atoms with Crippen LogP contribution in [-0.2, 0) is 14.3 Å². The Balaban J connectivity index is 1.89. The maximum atomic E-state index is 13.9. The lowest BCUT2D eigenvalue weighted by molar-refractivity contribution is -0.143. The molecule has 0 radical (unpaired) electrons. The molecule has 4 rings (SSSR count). The van der Waals surface area contributed by atoms with Gasteiger partial charge in [0.1, 0.15) is 5.75 Å². The minimum Gasteiger partial charge on any atom is -0.496 e. The van der Waals surface area contributed by atoms with Gasteiger partial charge in [-0.25, -0.2) is 4.79 Å². The number of nitrogens with one attached hydrogen (secondary N) is 1. The first-order valence-corrected chi connectivity index (χ1v) is 12.6. The van der Waals surface area contributed by atoms with Crippen molar-refractivity contribution in [1.82, 2.24) is 5.32 Å². The van der Waals surface area contributed by atoms with E-state index >= 15 is 0 Å². The van der Waals surface area contributed by atoms with Gasteiger partial charge in [-0.1, -0.05) is 18.2 Å². The number of hydrogen-bond acceptors (Lipinski definition) is 8. The van der Waals surface area contributed by atoms with E-state index in [9.17, 15) is 9.59 Å². The van der Waals surface area contributed by atoms with Crippen molar-refractivity contribution in [3.63, 3.8) is 0 Å². The van der Waals surface area contributed by atoms with E-state index in [0.29, 0.717) is 46.1 Å². The Morgan fingerprint density at radius 1 is 0.921 bits per heavy atom. The number of esters is 1. The molecule has 2 unspecified atom stereocenters. The average Bonchev–Trinajstić information content (AvgIpc) is 2.90. The molecular weight excluding hydrogens is 486 g/mol. The Hall–Kier alpha value is -3.94. The van der Waals surface area contributed by atoms with E-state index in [1.807, 2.05) is 31.2 Å². The second-order valence-electron chi connectivity index (χ2n) is 9.67. The Bertz CT molecular complexity index is 1280. The lowest BCUT2D eigenvalue weighted by Gasteiger charge is -2.37. The van der Waals surface area contributed by atoms with Crippen LogP contribution in [0.1, 0.15) is 56.6 Å². The average molecular weight is 522 g/mol. The zero-order valence-electron chi connectivity index (χ0n) is 23.0. The monoisotopic (exact) mass is 521 g/mol. The third kappa shape index (κ3) is 4.95. The van der Waals surface area contributed by atoms with E-state index in [1.165, 1.54) is 21.3 Å². The third-order valence-corrected chi connectivity index (χ3v) is 6.99. The van der Waals surface area contributed by atoms with Crippen molar-refractivity contribution in [2.45, 2.75) is 51.6 Å². The number of benzene rings is 2. The molecule has 1 aliphatic carbocycles. The van der Waals surface area contributed by atoms with Crippen LogP contribution in [0.2, 0.25) is 0 Å². The quantitative estimate of drug-likeness (QED) is 0.484. The number of para-hydroxylation sites is 1. The molecule has 2 aromatic carbocycles. The minimum atomic E-state index is -0.669. The normalized spacial score (nSPS) is 19.1. The predicted molar refractivity (Wildman–Crippen MR) is 143 cm³/mol. The van der Waals surface area contributed by atoms with Gasteiger partial charge in [-0.2, -0.15) is 0 Å². The van der Waals surface area contributed by atoms with Crippen LogP contribution < -0.4 is 24.3 Å². The molecule has 0 saturated carbocycles. The molecule has 38 heavy (non-hydrogen) atoms. The molecule has 2 aliphatic rings. The zero-order chi connectivity index (χ0) is 27.6. The van der Waals surface area contributed by atoms with Crippen LogP contribution in [0.25, 0.3) is 0 Å². The first-order chi connectivity index (χ1) is 18.2. The molecule has 0 fully saturated rings. The molecule has 8 heteroatoms. The molecule has 0 spiro atoms. The van der Waals surface area contributed by atoms with Crippen LogP contribution in [0.4, 0.5) is 0 Å². The highest BCUT2D eigenvalue weighted by molar-refractivity contribution is 6.04. The number of Topliss-reactive ketones (excluding diaryl/α,β-unsaturated/α-hetero) is 1. The molecule has 0 saturated heterocycles. The van der Waals surface area contributed by atoms with Gasteiger partial charge in [-0.3, -0.25) is 4.79 Å². The zero-order valence-corrected chi connectivity index (χ0v) is 23.0. The molecule has 2 aromatic rings. The van der Waals surface area contributed by atoms with Gasteiger partial charge in [-0.15, -0.1) is 0 Å². The highest BCUT2D eigenvalue weighted by atomic mass is 16.5. The fourth-order valence-electron chi connectivity index (χ4n) is 5.41. The summed E-state index contributed by atoms with van der Waals surface area (Å²) in [6.45, 7) is 5.43. The lowest BCUT2D eigenvalue weighted by atomic mass is 9.71. The van der Waals surface area contributed by atoms with Crippen molar-refractivity contribution in [2.75, 3.05) is 28.4 Å². The second-order valence-corrected chi connectivity index (χ2v) is 9.67. The largest absolute Gasteiger partial charge is 0.496 e. The van der Waals surface area contributed by atoms with Gasteiger partial charge in [0, 0.05) is 35.2 Å². The van der Waals surface area contributed by atoms with Crippen molar-refractivity contribution in [1.29, 1.82) is 0 Å². The molecule has 1 aliphatic heterocycles. The summed E-state index contributed by atoms with van der Waals surface area (Å²) in [5.74, 6) is 0.796. The van der Waals surface area contributed by atoms with Crippen molar-refractivity contribution < 1.29 is 33.3 Å². The SMILES string of the molecule is COc1ccccc1C1CC(=O)C2=C(C1)NC(C)=C(C(=O)OC(C)C)C2c1cc(OC)c(OC)c(OC)c1. The third-order valence-electron chi connectivity index (χ3n) is 6.99. The number of ether oxygens (including phenoxy) is 5. The van der Waals surface area contributed by atoms with Crippen LogP contribution in [0.3, 0.4) is 0 Å². The van der Waals surface area contributed by atoms with Crippen molar-refractivity contribution in [2.24, 2.45) is 0 Å². The van der Waals surface area contributed by atoms with Gasteiger partial charge in [0.15, 0.2) is 17.3 Å². The number of dihydropyridines is 1. The minimum absolute atomic E-state index is 0.0456. The first-order valence-electron chi connectivity index (χ1n) is 12.6. The number of carbonyl (C=O) groups excluding carboxylic acids is 2. The van der Waals surface area contributed by atoms with Gasteiger partial charge in [0.25, 0.3) is 0 Å². The van der Waals surface area contributed by atoms with Crippen molar-refractivity contribution in [3.8, 4) is 23.0 Å². The van der Waals surface area contributed by atoms with Crippen LogP contribution in [-0.4, -0.2) is 46.3 Å². The summed E-state index contributed by atoms with van der Waals surface area (Å²) in [5.41, 5.74) is 4.01. The van der Waals surface area contributed by atoms with Crippen molar-refractivity contribution >= 4 is 11.8 Å². The molecule has 2 atom stereocenters. The van der Waals surface area contributed by atoms with Gasteiger partial charge < -0.3 is 29.0 Å². The Morgan fingerprint density at radius 2 is 1.55 bits per heavy atom. The number of allylic oxidation sites excluding steroid dienone is 3. The molecule has 8 nitrogen and oxygen atoms in total. The second kappa shape index (κ2) is 11.2. The summed E-state index contributed by atoms with van der Waals surface area (Å²) in [7, 11) is 6.23. The maximum Gasteiger partial charge on any atom is 0.337 e. The summed E-state index contributed by atoms with van der Waals surface area (Å²) in [5, 5.41) is 3.38. The molecule has 1 N–H and O–H groups in total. The standard InChI is InChI=1S/C30H35NO7/c1-16(2)38-30(33)26-17(3)31-21-12-18(20-10-8-9-11-23(20)34-4)13-22(32)28(21)27(26)19-14-24(35-5)29(37-7)25(15-19)36-6/h8-11,14-16,18,27,31H,12-13H2,1-7H3. The fraction of sp³-hybridized carbons (Fsp3) is 0.400. The van der Waals surface area contributed by atoms with Gasteiger partial charge in [-0.05, 0) is 56.5 Å². The van der Waals surface area contributed by atoms with Gasteiger partial charge in [0.05, 0.1) is 40.1 Å². The fourth-order valence-corrected chi connectivity index (χ4v) is 5.41. The van der Waals surface area contributed by atoms with Crippen LogP contribution in [0.15, 0.2) is 58.9 Å². The van der Waals surface area contributed by atoms with E-state index in [-0.39, 0.29) is 24.2 Å². The van der Waals surface area contributed by atoms with Crippen LogP contribution >= 0.6 is 0 Å². The lowest BCUT2D eigenvalue weighted by Crippen LogP contribution is -2.36. The Morgan fingerprint density at radius 3 is 2.13 bits per heavy atom. The Kier molecular flexibility index (Phi) is 7.99. The number of ketones is 1. The van der Waals surface area contributed by atoms with E-state index < -0.39 is 11.9 Å². The first kappa shape index (κ1) is 27.1. The molecule has 0 aromatic heterocycles. The number of carbonyl (C=O) groups is 2. The van der Waals surface area contributed by atoms with Gasteiger partial charge in [0.2, 0.25) is 5.75 Å². The van der Waals surface area contributed by atoms with E-state index in [2.05, 4.69) is 5.32 Å². The Labute approximate surface area is 223 Å². The van der Waals surface area contributed by atoms with E-state index in [1.54, 1.807) is 33.1 Å². The molecule has 0 bridgehead atoms. The van der Waals surface area contributed by atoms with E-state index in [0.717, 1.165) is 17.0 Å². The number of hydrogen-bond donors (Lipinski definition) is 1. The van der Waals surface area contributed by atoms with Crippen LogP contribution in [0, 0.1) is 0 Å². The summed E-state index contributed by atoms with van der Waals surface area (Å²) >= 11 is 0. The number of rotatable bonds is 8. The summed E-state index contributed by atoms with van der Waals surface area (Å²) in [6, 6.07) is 11.3.